The van der Waals surface area contributed by atoms with Crippen molar-refractivity contribution in [1.82, 2.24) is 9.97 Å². The van der Waals surface area contributed by atoms with Crippen LogP contribution in [-0.2, 0) is 4.74 Å². The zero-order chi connectivity index (χ0) is 12.3. The van der Waals surface area contributed by atoms with Crippen LogP contribution in [0.5, 0.6) is 0 Å². The first-order valence-corrected chi connectivity index (χ1v) is 5.99. The van der Waals surface area contributed by atoms with Crippen LogP contribution in [-0.4, -0.2) is 29.2 Å². The monoisotopic (exact) mass is 278 g/mol. The molecular weight excluding hydrogens is 267 g/mol. The first kappa shape index (κ1) is 12.8. The molecule has 0 saturated carbocycles. The van der Waals surface area contributed by atoms with Crippen LogP contribution in [0.4, 0.5) is 11.5 Å². The van der Waals surface area contributed by atoms with Crippen molar-refractivity contribution >= 4 is 34.7 Å². The second-order valence-electron chi connectivity index (χ2n) is 3.69. The van der Waals surface area contributed by atoms with Crippen molar-refractivity contribution < 1.29 is 10.2 Å². The number of hydrogen-bond acceptors (Lipinski definition) is 5. The van der Waals surface area contributed by atoms with Crippen LogP contribution in [0.15, 0.2) is 0 Å². The lowest BCUT2D eigenvalue weighted by Gasteiger charge is -2.24. The Morgan fingerprint density at radius 3 is 2.65 bits per heavy atom. The minimum absolute atomic E-state index is 0.0233. The Balaban J connectivity index is 2.18. The molecular formula is C9H12Cl2N4O2. The number of anilines is 1. The predicted octanol–water partition coefficient (Wildman–Crippen LogP) is 1.07. The standard InChI is InChI=1S/C9H12Cl2N4O2/c10-7-6(15-16)8(14-9(11)13-7)12-5-1-3-17-4-2-5/h5H,1-4,15H2,(H,12,13,14). The summed E-state index contributed by atoms with van der Waals surface area (Å²) in [6.07, 6.45) is 1.72. The third-order valence-corrected chi connectivity index (χ3v) is 3.01. The molecule has 1 aliphatic rings. The molecule has 2 heterocycles. The van der Waals surface area contributed by atoms with Gasteiger partial charge in [0.25, 0.3) is 0 Å². The summed E-state index contributed by atoms with van der Waals surface area (Å²) >= 11 is 11.5. The van der Waals surface area contributed by atoms with Gasteiger partial charge in [-0.05, 0) is 24.4 Å². The van der Waals surface area contributed by atoms with E-state index in [1.165, 1.54) is 0 Å². The van der Waals surface area contributed by atoms with E-state index in [0.29, 0.717) is 24.5 Å². The maximum Gasteiger partial charge on any atom is 0.226 e. The lowest BCUT2D eigenvalue weighted by atomic mass is 10.1. The number of hydrogen-bond donors (Lipinski definition) is 2. The highest BCUT2D eigenvalue weighted by Gasteiger charge is 2.19. The number of aromatic nitrogens is 2. The second-order valence-corrected chi connectivity index (χ2v) is 4.39. The van der Waals surface area contributed by atoms with Gasteiger partial charge in [0, 0.05) is 19.3 Å². The van der Waals surface area contributed by atoms with Gasteiger partial charge in [0.2, 0.25) is 11.0 Å². The van der Waals surface area contributed by atoms with Gasteiger partial charge in [0.1, 0.15) is 0 Å². The van der Waals surface area contributed by atoms with Crippen molar-refractivity contribution in [3.05, 3.63) is 15.6 Å². The number of halogens is 2. The van der Waals surface area contributed by atoms with Gasteiger partial charge >= 0.3 is 0 Å². The van der Waals surface area contributed by atoms with Gasteiger partial charge in [0.05, 0.1) is 0 Å². The molecule has 0 spiro atoms. The fourth-order valence-electron chi connectivity index (χ4n) is 1.67. The quantitative estimate of drug-likeness (QED) is 0.491. The molecule has 17 heavy (non-hydrogen) atoms. The van der Waals surface area contributed by atoms with Crippen LogP contribution in [0, 0.1) is 5.21 Å². The number of nitrogens with two attached hydrogens (primary N) is 1. The Morgan fingerprint density at radius 1 is 1.29 bits per heavy atom. The molecule has 1 fully saturated rings. The first-order valence-electron chi connectivity index (χ1n) is 5.23. The lowest BCUT2D eigenvalue weighted by Crippen LogP contribution is -2.70. The maximum absolute atomic E-state index is 10.9. The van der Waals surface area contributed by atoms with Crippen molar-refractivity contribution in [2.75, 3.05) is 18.5 Å². The zero-order valence-electron chi connectivity index (χ0n) is 8.95. The van der Waals surface area contributed by atoms with Gasteiger partial charge in [-0.25, -0.2) is 0 Å². The fraction of sp³-hybridized carbons (Fsp3) is 0.556. The molecule has 1 saturated heterocycles. The number of quaternary nitrogens is 1. The molecule has 3 N–H and O–H groups in total. The van der Waals surface area contributed by atoms with Crippen molar-refractivity contribution in [3.8, 4) is 0 Å². The second kappa shape index (κ2) is 5.79. The molecule has 0 radical (unpaired) electrons. The molecule has 1 aliphatic heterocycles. The molecule has 6 nitrogen and oxygen atoms in total. The van der Waals surface area contributed by atoms with Crippen LogP contribution in [0.2, 0.25) is 10.4 Å². The number of ether oxygens (including phenoxy) is 1. The summed E-state index contributed by atoms with van der Waals surface area (Å²) in [5.41, 5.74) is 0.864. The van der Waals surface area contributed by atoms with Gasteiger partial charge in [0.15, 0.2) is 11.0 Å². The fourth-order valence-corrected chi connectivity index (χ4v) is 2.09. The maximum atomic E-state index is 10.9. The molecule has 0 aromatic carbocycles. The van der Waals surface area contributed by atoms with Gasteiger partial charge in [-0.2, -0.15) is 9.97 Å². The van der Waals surface area contributed by atoms with E-state index in [2.05, 4.69) is 15.3 Å². The van der Waals surface area contributed by atoms with Crippen LogP contribution < -0.4 is 10.8 Å². The van der Waals surface area contributed by atoms with Gasteiger partial charge < -0.3 is 20.7 Å². The third-order valence-electron chi connectivity index (χ3n) is 2.55. The highest BCUT2D eigenvalue weighted by Crippen LogP contribution is 2.26. The third kappa shape index (κ3) is 3.17. The van der Waals surface area contributed by atoms with E-state index in [4.69, 9.17) is 27.9 Å². The highest BCUT2D eigenvalue weighted by atomic mass is 35.5. The number of rotatable bonds is 3. The average molecular weight is 279 g/mol. The number of nitrogens with zero attached hydrogens (tertiary/aromatic N) is 2. The van der Waals surface area contributed by atoms with E-state index in [1.807, 2.05) is 0 Å². The van der Waals surface area contributed by atoms with Gasteiger partial charge in [-0.1, -0.05) is 11.6 Å². The van der Waals surface area contributed by atoms with E-state index in [9.17, 15) is 5.21 Å². The molecule has 2 rings (SSSR count). The summed E-state index contributed by atoms with van der Waals surface area (Å²) in [5.74, 6) is 0.386. The minimum atomic E-state index is 0.0233. The summed E-state index contributed by atoms with van der Waals surface area (Å²) < 4.78 is 5.25. The van der Waals surface area contributed by atoms with E-state index < -0.39 is 0 Å². The topological polar surface area (TPSA) is 86.7 Å². The Labute approximate surface area is 108 Å². The van der Waals surface area contributed by atoms with Crippen LogP contribution in [0.25, 0.3) is 0 Å². The molecule has 1 aromatic heterocycles. The van der Waals surface area contributed by atoms with Crippen molar-refractivity contribution in [2.24, 2.45) is 0 Å². The number of nitrogens with one attached hydrogen (secondary N) is 1. The normalized spacial score (nSPS) is 17.1. The van der Waals surface area contributed by atoms with Gasteiger partial charge in [-0.3, -0.25) is 0 Å². The Hall–Kier alpha value is -0.660. The van der Waals surface area contributed by atoms with Crippen LogP contribution in [0.1, 0.15) is 12.8 Å². The van der Waals surface area contributed by atoms with Gasteiger partial charge in [-0.15, -0.1) is 0 Å². The van der Waals surface area contributed by atoms with E-state index in [1.54, 1.807) is 0 Å². The minimum Gasteiger partial charge on any atom is -0.630 e. The smallest absolute Gasteiger partial charge is 0.226 e. The van der Waals surface area contributed by atoms with Crippen LogP contribution >= 0.6 is 23.2 Å². The Morgan fingerprint density at radius 2 is 2.00 bits per heavy atom. The largest absolute Gasteiger partial charge is 0.630 e. The highest BCUT2D eigenvalue weighted by molar-refractivity contribution is 6.33. The molecule has 0 bridgehead atoms. The van der Waals surface area contributed by atoms with Crippen molar-refractivity contribution in [1.29, 1.82) is 0 Å². The SMILES string of the molecule is [O-][NH2+]c1c(Cl)nc(Cl)nc1NC1CCOCC1. The molecule has 94 valence electrons. The summed E-state index contributed by atoms with van der Waals surface area (Å²) in [7, 11) is 0. The summed E-state index contributed by atoms with van der Waals surface area (Å²) in [5, 5.41) is 14.2. The Kier molecular flexibility index (Phi) is 4.36. The first-order chi connectivity index (χ1) is 8.20. The predicted molar refractivity (Wildman–Crippen MR) is 64.5 cm³/mol. The molecule has 0 aliphatic carbocycles. The average Bonchev–Trinajstić information content (AvgIpc) is 2.30. The molecule has 0 amide bonds. The van der Waals surface area contributed by atoms with Crippen molar-refractivity contribution in [2.45, 2.75) is 18.9 Å². The van der Waals surface area contributed by atoms with Crippen molar-refractivity contribution in [3.63, 3.8) is 0 Å². The van der Waals surface area contributed by atoms with Crippen LogP contribution in [0.3, 0.4) is 0 Å². The summed E-state index contributed by atoms with van der Waals surface area (Å²) in [6.45, 7) is 1.39. The molecule has 1 aromatic rings. The summed E-state index contributed by atoms with van der Waals surface area (Å²) in [6, 6.07) is 0.212. The molecule has 0 unspecified atom stereocenters. The summed E-state index contributed by atoms with van der Waals surface area (Å²) in [4.78, 5) is 7.71. The van der Waals surface area contributed by atoms with E-state index in [0.717, 1.165) is 12.8 Å². The Bertz CT molecular complexity index is 399. The molecule has 0 atom stereocenters. The van der Waals surface area contributed by atoms with E-state index >= 15 is 0 Å². The zero-order valence-corrected chi connectivity index (χ0v) is 10.5. The lowest BCUT2D eigenvalue weighted by molar-refractivity contribution is -0.496. The van der Waals surface area contributed by atoms with E-state index in [-0.39, 0.29) is 22.2 Å². The molecule has 8 heteroatoms.